The lowest BCUT2D eigenvalue weighted by molar-refractivity contribution is -0.137. The lowest BCUT2D eigenvalue weighted by Gasteiger charge is -2.30. The molecule has 2 heterocycles. The summed E-state index contributed by atoms with van der Waals surface area (Å²) in [5, 5.41) is 10.6. The minimum atomic E-state index is -4.51. The van der Waals surface area contributed by atoms with E-state index in [9.17, 15) is 22.8 Å². The number of likely N-dealkylation sites (tertiary alicyclic amines) is 1. The number of halogens is 3. The van der Waals surface area contributed by atoms with Crippen molar-refractivity contribution in [1.82, 2.24) is 15.2 Å². The molecule has 4 N–H and O–H groups in total. The summed E-state index contributed by atoms with van der Waals surface area (Å²) in [5.74, 6) is -1.56. The molecular weight excluding hydrogens is 473 g/mol. The molecule has 36 heavy (non-hydrogen) atoms. The Morgan fingerprint density at radius 2 is 1.75 bits per heavy atom. The minimum absolute atomic E-state index is 0.0772. The van der Waals surface area contributed by atoms with E-state index in [0.29, 0.717) is 6.07 Å². The van der Waals surface area contributed by atoms with E-state index in [2.05, 4.69) is 15.2 Å². The number of carbonyl (C=O) groups is 2. The number of aromatic nitrogens is 1. The summed E-state index contributed by atoms with van der Waals surface area (Å²) in [5.41, 5.74) is 4.53. The maximum atomic E-state index is 12.3. The van der Waals surface area contributed by atoms with Gasteiger partial charge < -0.3 is 21.1 Å². The highest BCUT2D eigenvalue weighted by Crippen LogP contribution is 2.29. The van der Waals surface area contributed by atoms with Crippen molar-refractivity contribution in [2.45, 2.75) is 63.8 Å². The molecule has 0 bridgehead atoms. The number of carbonyl (C=O) groups excluding carboxylic acids is 2. The summed E-state index contributed by atoms with van der Waals surface area (Å²) < 4.78 is 37.0. The van der Waals surface area contributed by atoms with Gasteiger partial charge in [0, 0.05) is 24.0 Å². The van der Waals surface area contributed by atoms with Crippen LogP contribution in [0.25, 0.3) is 0 Å². The van der Waals surface area contributed by atoms with Crippen LogP contribution in [0, 0.1) is 0 Å². The van der Waals surface area contributed by atoms with Gasteiger partial charge in [0.2, 0.25) is 5.91 Å². The number of amides is 2. The molecule has 1 saturated carbocycles. The Hall–Kier alpha value is -2.98. The van der Waals surface area contributed by atoms with Gasteiger partial charge in [-0.3, -0.25) is 14.6 Å². The van der Waals surface area contributed by atoms with Crippen LogP contribution in [0.1, 0.15) is 66.4 Å². The summed E-state index contributed by atoms with van der Waals surface area (Å²) >= 11 is 0. The molecule has 1 saturated heterocycles. The molecule has 0 unspecified atom stereocenters. The van der Waals surface area contributed by atoms with E-state index in [0.717, 1.165) is 23.7 Å². The average Bonchev–Trinajstić information content (AvgIpc) is 3.44. The third-order valence-corrected chi connectivity index (χ3v) is 6.01. The van der Waals surface area contributed by atoms with E-state index >= 15 is 0 Å². The van der Waals surface area contributed by atoms with Crippen molar-refractivity contribution in [3.63, 3.8) is 0 Å². The molecule has 1 aliphatic heterocycles. The van der Waals surface area contributed by atoms with Gasteiger partial charge in [0.25, 0.3) is 5.91 Å². The minimum Gasteiger partial charge on any atom is -0.392 e. The molecule has 4 rings (SSSR count). The number of benzene rings is 1. The Morgan fingerprint density at radius 1 is 1.06 bits per heavy atom. The number of aliphatic hydroxyl groups is 1. The van der Waals surface area contributed by atoms with E-state index < -0.39 is 30.1 Å². The number of alkyl halides is 3. The van der Waals surface area contributed by atoms with Crippen LogP contribution in [0.15, 0.2) is 48.8 Å². The van der Waals surface area contributed by atoms with Gasteiger partial charge >= 0.3 is 6.18 Å². The maximum absolute atomic E-state index is 12.3. The Balaban J connectivity index is 0.000000205. The number of nitrogens with one attached hydrogen (secondary N) is 1. The van der Waals surface area contributed by atoms with E-state index in [4.69, 9.17) is 10.8 Å². The van der Waals surface area contributed by atoms with Crippen LogP contribution < -0.4 is 11.1 Å². The molecule has 7 nitrogen and oxygen atoms in total. The molecule has 2 aliphatic rings. The molecule has 2 fully saturated rings. The summed E-state index contributed by atoms with van der Waals surface area (Å²) in [4.78, 5) is 28.2. The predicted molar refractivity (Wildman–Crippen MR) is 131 cm³/mol. The number of nitrogens with two attached hydrogens (primary N) is 1. The molecule has 0 spiro atoms. The molecule has 0 radical (unpaired) electrons. The van der Waals surface area contributed by atoms with Crippen LogP contribution in [0.3, 0.4) is 0 Å². The average molecular weight is 509 g/mol. The Kier molecular flexibility index (Phi) is 12.4. The second kappa shape index (κ2) is 15.2. The summed E-state index contributed by atoms with van der Waals surface area (Å²) in [6, 6.07) is 8.49. The van der Waals surface area contributed by atoms with E-state index in [1.165, 1.54) is 64.1 Å². The van der Waals surface area contributed by atoms with Gasteiger partial charge in [0.15, 0.2) is 0 Å². The van der Waals surface area contributed by atoms with Gasteiger partial charge in [-0.2, -0.15) is 13.2 Å². The summed E-state index contributed by atoms with van der Waals surface area (Å²) in [6.45, 7) is 2.44. The Morgan fingerprint density at radius 3 is 2.28 bits per heavy atom. The lowest BCUT2D eigenvalue weighted by atomic mass is 9.94. The number of hydrogen-bond donors (Lipinski definition) is 3. The Bertz CT molecular complexity index is 930. The number of aliphatic hydroxyl groups excluding tert-OH is 1. The summed E-state index contributed by atoms with van der Waals surface area (Å²) in [7, 11) is 0. The Labute approximate surface area is 209 Å². The third-order valence-electron chi connectivity index (χ3n) is 6.01. The monoisotopic (exact) mass is 508 g/mol. The fourth-order valence-corrected chi connectivity index (χ4v) is 4.15. The van der Waals surface area contributed by atoms with Gasteiger partial charge in [-0.1, -0.05) is 31.4 Å². The first-order valence-corrected chi connectivity index (χ1v) is 12.2. The largest absolute Gasteiger partial charge is 0.416 e. The molecule has 10 heteroatoms. The quantitative estimate of drug-likeness (QED) is 0.568. The van der Waals surface area contributed by atoms with E-state index in [1.807, 2.05) is 6.07 Å². The highest BCUT2D eigenvalue weighted by atomic mass is 19.4. The van der Waals surface area contributed by atoms with Crippen molar-refractivity contribution in [3.8, 4) is 0 Å². The summed E-state index contributed by atoms with van der Waals surface area (Å²) in [6.07, 6.45) is 9.15. The van der Waals surface area contributed by atoms with Crippen LogP contribution in [0.5, 0.6) is 0 Å². The number of hydrogen-bond acceptors (Lipinski definition) is 5. The first-order valence-electron chi connectivity index (χ1n) is 12.2. The van der Waals surface area contributed by atoms with Crippen molar-refractivity contribution < 1.29 is 27.9 Å². The number of nitrogens with zero attached hydrogens (tertiary/aromatic N) is 2. The normalized spacial score (nSPS) is 16.2. The molecule has 0 atom stereocenters. The fraction of sp³-hybridized carbons (Fsp3) is 0.500. The van der Waals surface area contributed by atoms with Crippen LogP contribution in [-0.2, 0) is 17.6 Å². The van der Waals surface area contributed by atoms with Gasteiger partial charge in [-0.05, 0) is 68.6 Å². The first kappa shape index (κ1) is 29.3. The van der Waals surface area contributed by atoms with Crippen LogP contribution in [0.4, 0.5) is 13.2 Å². The highest BCUT2D eigenvalue weighted by molar-refractivity contribution is 5.96. The number of primary amides is 1. The second-order valence-electron chi connectivity index (χ2n) is 8.78. The van der Waals surface area contributed by atoms with Crippen LogP contribution >= 0.6 is 0 Å². The fourth-order valence-electron chi connectivity index (χ4n) is 4.15. The smallest absolute Gasteiger partial charge is 0.392 e. The third kappa shape index (κ3) is 10.7. The molecule has 1 aliphatic carbocycles. The zero-order valence-corrected chi connectivity index (χ0v) is 20.3. The number of rotatable bonds is 5. The lowest BCUT2D eigenvalue weighted by Crippen LogP contribution is -2.34. The predicted octanol–water partition coefficient (Wildman–Crippen LogP) is 3.91. The first-order chi connectivity index (χ1) is 17.2. The molecule has 1 aromatic heterocycles. The van der Waals surface area contributed by atoms with Crippen molar-refractivity contribution >= 4 is 11.8 Å². The van der Waals surface area contributed by atoms with Crippen molar-refractivity contribution in [2.24, 2.45) is 5.73 Å². The SMILES string of the molecule is C1CCC(N2CCCC2)CC1.NC(=O)CNC(=O)c1cccc(C(F)(F)F)c1.OCc1cccnc1. The molecule has 198 valence electrons. The maximum Gasteiger partial charge on any atom is 0.416 e. The molecular formula is C26H35F3N4O3. The standard InChI is InChI=1S/C10H9F3N2O2.C10H19N.C6H7NO/c11-10(12,13)7-3-1-2-6(4-7)9(17)15-5-8(14)16;1-2-6-10(7-3-1)11-8-4-5-9-11;8-5-6-2-1-3-7-4-6/h1-4H,5H2,(H2,14,16)(H,15,17);10H,1-9H2;1-4,8H,5H2. The highest BCUT2D eigenvalue weighted by Gasteiger charge is 2.30. The van der Waals surface area contributed by atoms with Gasteiger partial charge in [-0.15, -0.1) is 0 Å². The molecule has 2 aromatic rings. The van der Waals surface area contributed by atoms with Crippen molar-refractivity contribution in [3.05, 3.63) is 65.5 Å². The number of pyridine rings is 1. The zero-order chi connectivity index (χ0) is 26.4. The van der Waals surface area contributed by atoms with Gasteiger partial charge in [0.1, 0.15) is 0 Å². The van der Waals surface area contributed by atoms with E-state index in [-0.39, 0.29) is 12.2 Å². The van der Waals surface area contributed by atoms with Crippen molar-refractivity contribution in [2.75, 3.05) is 19.6 Å². The van der Waals surface area contributed by atoms with Crippen LogP contribution in [0.2, 0.25) is 0 Å². The van der Waals surface area contributed by atoms with Crippen molar-refractivity contribution in [1.29, 1.82) is 0 Å². The van der Waals surface area contributed by atoms with Gasteiger partial charge in [-0.25, -0.2) is 0 Å². The molecule has 2 amide bonds. The van der Waals surface area contributed by atoms with E-state index in [1.54, 1.807) is 18.5 Å². The zero-order valence-electron chi connectivity index (χ0n) is 20.3. The molecule has 1 aromatic carbocycles. The van der Waals surface area contributed by atoms with Crippen LogP contribution in [-0.4, -0.2) is 52.5 Å². The second-order valence-corrected chi connectivity index (χ2v) is 8.78. The van der Waals surface area contributed by atoms with Gasteiger partial charge in [0.05, 0.1) is 18.7 Å². The topological polar surface area (TPSA) is 109 Å².